The SMILES string of the molecule is CC1(C)C=C2NC(=O)N[C@@H](c3cccc(Oc4ccccc4)c3)[C@@H]2C(=O)C1. The highest BCUT2D eigenvalue weighted by molar-refractivity contribution is 5.91. The van der Waals surface area contributed by atoms with Crippen LogP contribution in [0.2, 0.25) is 0 Å². The van der Waals surface area contributed by atoms with Crippen LogP contribution in [0, 0.1) is 11.3 Å². The van der Waals surface area contributed by atoms with Crippen LogP contribution in [0.1, 0.15) is 31.9 Å². The van der Waals surface area contributed by atoms with Crippen molar-refractivity contribution in [3.05, 3.63) is 71.9 Å². The Bertz CT molecular complexity index is 918. The largest absolute Gasteiger partial charge is 0.457 e. The smallest absolute Gasteiger partial charge is 0.319 e. The van der Waals surface area contributed by atoms with E-state index in [1.54, 1.807) is 0 Å². The number of para-hydroxylation sites is 1. The molecule has 2 aromatic rings. The quantitative estimate of drug-likeness (QED) is 0.854. The lowest BCUT2D eigenvalue weighted by molar-refractivity contribution is -0.125. The van der Waals surface area contributed by atoms with Crippen LogP contribution in [0.3, 0.4) is 0 Å². The second kappa shape index (κ2) is 6.58. The molecule has 27 heavy (non-hydrogen) atoms. The van der Waals surface area contributed by atoms with Gasteiger partial charge in [-0.3, -0.25) is 4.79 Å². The maximum Gasteiger partial charge on any atom is 0.319 e. The first-order valence-electron chi connectivity index (χ1n) is 9.07. The molecular weight excluding hydrogens is 340 g/mol. The van der Waals surface area contributed by atoms with E-state index >= 15 is 0 Å². The predicted molar refractivity (Wildman–Crippen MR) is 102 cm³/mol. The first-order valence-corrected chi connectivity index (χ1v) is 9.07. The van der Waals surface area contributed by atoms with Crippen molar-refractivity contribution in [2.45, 2.75) is 26.3 Å². The summed E-state index contributed by atoms with van der Waals surface area (Å²) in [7, 11) is 0. The lowest BCUT2D eigenvalue weighted by atomic mass is 9.72. The number of benzene rings is 2. The van der Waals surface area contributed by atoms with Gasteiger partial charge >= 0.3 is 6.03 Å². The molecule has 1 saturated heterocycles. The number of rotatable bonds is 3. The highest BCUT2D eigenvalue weighted by atomic mass is 16.5. The summed E-state index contributed by atoms with van der Waals surface area (Å²) in [5.74, 6) is 1.13. The summed E-state index contributed by atoms with van der Waals surface area (Å²) in [6.45, 7) is 4.01. The van der Waals surface area contributed by atoms with Gasteiger partial charge in [0.25, 0.3) is 0 Å². The van der Waals surface area contributed by atoms with Gasteiger partial charge in [0.2, 0.25) is 0 Å². The number of ether oxygens (including phenoxy) is 1. The maximum atomic E-state index is 12.8. The van der Waals surface area contributed by atoms with Gasteiger partial charge in [0.1, 0.15) is 17.3 Å². The maximum absolute atomic E-state index is 12.8. The number of carbonyl (C=O) groups excluding carboxylic acids is 2. The Balaban J connectivity index is 1.67. The van der Waals surface area contributed by atoms with Gasteiger partial charge in [-0.15, -0.1) is 0 Å². The molecule has 2 amide bonds. The molecule has 0 bridgehead atoms. The number of fused-ring (bicyclic) bond motifs is 1. The number of ketones is 1. The minimum Gasteiger partial charge on any atom is -0.457 e. The average Bonchev–Trinajstić information content (AvgIpc) is 2.60. The van der Waals surface area contributed by atoms with Crippen LogP contribution in [-0.4, -0.2) is 11.8 Å². The standard InChI is InChI=1S/C22H22N2O3/c1-22(2)12-17-19(18(25)13-22)20(24-21(26)23-17)14-7-6-10-16(11-14)27-15-8-4-3-5-9-15/h3-12,19-20H,13H2,1-2H3,(H2,23,24,26)/t19-,20-/m0/s1. The number of hydrogen-bond acceptors (Lipinski definition) is 3. The summed E-state index contributed by atoms with van der Waals surface area (Å²) in [5, 5.41) is 5.73. The number of urea groups is 1. The highest BCUT2D eigenvalue weighted by Gasteiger charge is 2.43. The van der Waals surface area contributed by atoms with Crippen molar-refractivity contribution in [3.63, 3.8) is 0 Å². The van der Waals surface area contributed by atoms with E-state index in [9.17, 15) is 9.59 Å². The van der Waals surface area contributed by atoms with Gasteiger partial charge in [0.05, 0.1) is 12.0 Å². The van der Waals surface area contributed by atoms with E-state index in [0.717, 1.165) is 11.3 Å². The molecule has 5 heteroatoms. The molecular formula is C22H22N2O3. The van der Waals surface area contributed by atoms with Crippen LogP contribution in [0.4, 0.5) is 4.79 Å². The van der Waals surface area contributed by atoms with Crippen LogP contribution >= 0.6 is 0 Å². The van der Waals surface area contributed by atoms with Gasteiger partial charge in [0.15, 0.2) is 0 Å². The Labute approximate surface area is 158 Å². The van der Waals surface area contributed by atoms with Crippen molar-refractivity contribution in [2.75, 3.05) is 0 Å². The first kappa shape index (κ1) is 17.3. The summed E-state index contributed by atoms with van der Waals surface area (Å²) in [6.07, 6.45) is 2.46. The Morgan fingerprint density at radius 3 is 2.52 bits per heavy atom. The van der Waals surface area contributed by atoms with Crippen LogP contribution in [0.15, 0.2) is 66.4 Å². The van der Waals surface area contributed by atoms with Gasteiger partial charge in [-0.2, -0.15) is 0 Å². The molecule has 2 N–H and O–H groups in total. The van der Waals surface area contributed by atoms with Gasteiger partial charge in [0, 0.05) is 12.1 Å². The molecule has 0 saturated carbocycles. The van der Waals surface area contributed by atoms with Crippen molar-refractivity contribution < 1.29 is 14.3 Å². The molecule has 1 heterocycles. The second-order valence-electron chi connectivity index (χ2n) is 7.77. The second-order valence-corrected chi connectivity index (χ2v) is 7.77. The van der Waals surface area contributed by atoms with Gasteiger partial charge in [-0.05, 0) is 35.2 Å². The average molecular weight is 362 g/mol. The molecule has 1 aliphatic heterocycles. The molecule has 4 rings (SSSR count). The Morgan fingerprint density at radius 2 is 1.74 bits per heavy atom. The van der Waals surface area contributed by atoms with E-state index in [0.29, 0.717) is 17.9 Å². The molecule has 1 fully saturated rings. The number of hydrogen-bond donors (Lipinski definition) is 2. The number of allylic oxidation sites excluding steroid dienone is 1. The number of amides is 2. The van der Waals surface area contributed by atoms with Gasteiger partial charge < -0.3 is 15.4 Å². The van der Waals surface area contributed by atoms with E-state index in [1.807, 2.05) is 74.5 Å². The van der Waals surface area contributed by atoms with Crippen molar-refractivity contribution in [1.29, 1.82) is 0 Å². The van der Waals surface area contributed by atoms with E-state index < -0.39 is 12.0 Å². The Kier molecular flexibility index (Phi) is 4.22. The van der Waals surface area contributed by atoms with Crippen LogP contribution in [0.5, 0.6) is 11.5 Å². The Morgan fingerprint density at radius 1 is 1.00 bits per heavy atom. The lowest BCUT2D eigenvalue weighted by Crippen LogP contribution is -2.53. The third kappa shape index (κ3) is 3.58. The fourth-order valence-corrected chi connectivity index (χ4v) is 3.84. The third-order valence-electron chi connectivity index (χ3n) is 4.93. The molecule has 5 nitrogen and oxygen atoms in total. The van der Waals surface area contributed by atoms with E-state index in [2.05, 4.69) is 10.6 Å². The monoisotopic (exact) mass is 362 g/mol. The third-order valence-corrected chi connectivity index (χ3v) is 4.93. The molecule has 0 aromatic heterocycles. The first-order chi connectivity index (χ1) is 12.9. The molecule has 0 spiro atoms. The summed E-state index contributed by atoms with van der Waals surface area (Å²) < 4.78 is 5.90. The zero-order valence-corrected chi connectivity index (χ0v) is 15.4. The number of Topliss-reactive ketones (excluding diaryl/α,β-unsaturated/α-hetero) is 1. The summed E-state index contributed by atoms with van der Waals surface area (Å²) in [4.78, 5) is 25.0. The normalized spacial score (nSPS) is 23.6. The minimum absolute atomic E-state index is 0.129. The van der Waals surface area contributed by atoms with Gasteiger partial charge in [-0.1, -0.05) is 50.3 Å². The van der Waals surface area contributed by atoms with Crippen molar-refractivity contribution in [2.24, 2.45) is 11.3 Å². The van der Waals surface area contributed by atoms with Gasteiger partial charge in [-0.25, -0.2) is 4.79 Å². The van der Waals surface area contributed by atoms with Crippen molar-refractivity contribution >= 4 is 11.8 Å². The minimum atomic E-state index is -0.409. The number of carbonyl (C=O) groups is 2. The lowest BCUT2D eigenvalue weighted by Gasteiger charge is -2.40. The predicted octanol–water partition coefficient (Wildman–Crippen LogP) is 4.33. The molecule has 2 aromatic carbocycles. The molecule has 0 radical (unpaired) electrons. The zero-order valence-electron chi connectivity index (χ0n) is 15.4. The van der Waals surface area contributed by atoms with Crippen molar-refractivity contribution in [1.82, 2.24) is 10.6 Å². The molecule has 1 aliphatic carbocycles. The topological polar surface area (TPSA) is 67.4 Å². The van der Waals surface area contributed by atoms with Crippen molar-refractivity contribution in [3.8, 4) is 11.5 Å². The summed E-state index contributed by atoms with van der Waals surface area (Å²) in [6, 6.07) is 16.3. The molecule has 2 atom stereocenters. The van der Waals surface area contributed by atoms with E-state index in [4.69, 9.17) is 4.74 Å². The fraction of sp³-hybridized carbons (Fsp3) is 0.273. The fourth-order valence-electron chi connectivity index (χ4n) is 3.84. The zero-order chi connectivity index (χ0) is 19.0. The van der Waals surface area contributed by atoms with E-state index in [1.165, 1.54) is 0 Å². The van der Waals surface area contributed by atoms with Crippen LogP contribution in [0.25, 0.3) is 0 Å². The summed E-state index contributed by atoms with van der Waals surface area (Å²) in [5.41, 5.74) is 1.29. The highest BCUT2D eigenvalue weighted by Crippen LogP contribution is 2.41. The summed E-state index contributed by atoms with van der Waals surface area (Å²) >= 11 is 0. The van der Waals surface area contributed by atoms with Crippen LogP contribution in [-0.2, 0) is 4.79 Å². The molecule has 2 aliphatic rings. The van der Waals surface area contributed by atoms with Crippen LogP contribution < -0.4 is 15.4 Å². The molecule has 0 unspecified atom stereocenters. The number of nitrogens with one attached hydrogen (secondary N) is 2. The molecule has 138 valence electrons. The van der Waals surface area contributed by atoms with E-state index in [-0.39, 0.29) is 17.2 Å². The Hall–Kier alpha value is -3.08.